The maximum atomic E-state index is 13.7. The zero-order chi connectivity index (χ0) is 14.8. The molecule has 0 N–H and O–H groups in total. The summed E-state index contributed by atoms with van der Waals surface area (Å²) in [7, 11) is 0. The van der Waals surface area contributed by atoms with Gasteiger partial charge in [0.25, 0.3) is 0 Å². The Morgan fingerprint density at radius 1 is 0.950 bits per heavy atom. The zero-order valence-corrected chi connectivity index (χ0v) is 10.7. The molecule has 0 bridgehead atoms. The van der Waals surface area contributed by atoms with E-state index >= 15 is 0 Å². The fraction of sp³-hybridized carbons (Fsp3) is 0.200. The molecule has 0 unspecified atom stereocenters. The summed E-state index contributed by atoms with van der Waals surface area (Å²) in [6.45, 7) is 2.08. The molecule has 0 spiro atoms. The minimum atomic E-state index is -4.37. The molecule has 0 aliphatic rings. The number of hydrogen-bond donors (Lipinski definition) is 0. The van der Waals surface area contributed by atoms with Crippen LogP contribution in [0, 0.1) is 5.82 Å². The molecule has 2 aromatic rings. The Morgan fingerprint density at radius 3 is 2.05 bits per heavy atom. The van der Waals surface area contributed by atoms with Crippen molar-refractivity contribution in [2.24, 2.45) is 0 Å². The van der Waals surface area contributed by atoms with E-state index in [-0.39, 0.29) is 5.75 Å². The summed E-state index contributed by atoms with van der Waals surface area (Å²) in [5.41, 5.74) is 0.285. The highest BCUT2D eigenvalue weighted by Crippen LogP contribution is 2.31. The van der Waals surface area contributed by atoms with E-state index < -0.39 is 17.6 Å². The Kier molecular flexibility index (Phi) is 3.97. The molecule has 0 aliphatic carbocycles. The van der Waals surface area contributed by atoms with Crippen molar-refractivity contribution >= 4 is 0 Å². The molecule has 1 nitrogen and oxygen atoms in total. The van der Waals surface area contributed by atoms with E-state index in [2.05, 4.69) is 0 Å². The summed E-state index contributed by atoms with van der Waals surface area (Å²) < 4.78 is 56.1. The summed E-state index contributed by atoms with van der Waals surface area (Å²) in [6, 6.07) is 8.90. The first kappa shape index (κ1) is 14.4. The second-order valence-corrected chi connectivity index (χ2v) is 4.15. The number of halogens is 4. The monoisotopic (exact) mass is 284 g/mol. The second kappa shape index (κ2) is 5.53. The number of ether oxygens (including phenoxy) is 1. The first-order valence-electron chi connectivity index (χ1n) is 6.02. The Bertz CT molecular complexity index is 588. The minimum Gasteiger partial charge on any atom is -0.491 e. The quantitative estimate of drug-likeness (QED) is 0.728. The molecule has 106 valence electrons. The first-order valence-corrected chi connectivity index (χ1v) is 6.02. The lowest BCUT2D eigenvalue weighted by atomic mass is 10.0. The fourth-order valence-corrected chi connectivity index (χ4v) is 1.80. The van der Waals surface area contributed by atoms with Crippen LogP contribution < -0.4 is 4.74 Å². The SMILES string of the molecule is CCOc1ccc(-c2ccc(C(F)(F)F)cc2)cc1F. The molecule has 0 aliphatic heterocycles. The molecule has 0 fully saturated rings. The van der Waals surface area contributed by atoms with Gasteiger partial charge in [-0.2, -0.15) is 13.2 Å². The van der Waals surface area contributed by atoms with E-state index in [1.807, 2.05) is 0 Å². The van der Waals surface area contributed by atoms with Gasteiger partial charge in [0.1, 0.15) is 0 Å². The van der Waals surface area contributed by atoms with Gasteiger partial charge >= 0.3 is 6.18 Å². The van der Waals surface area contributed by atoms with Gasteiger partial charge in [0.05, 0.1) is 12.2 Å². The molecule has 0 heterocycles. The molecule has 0 saturated carbocycles. The van der Waals surface area contributed by atoms with Crippen LogP contribution in [0.25, 0.3) is 11.1 Å². The lowest BCUT2D eigenvalue weighted by Crippen LogP contribution is -2.04. The van der Waals surface area contributed by atoms with Gasteiger partial charge in [-0.05, 0) is 42.3 Å². The largest absolute Gasteiger partial charge is 0.491 e. The number of benzene rings is 2. The number of alkyl halides is 3. The van der Waals surface area contributed by atoms with Crippen molar-refractivity contribution in [1.82, 2.24) is 0 Å². The molecule has 5 heteroatoms. The van der Waals surface area contributed by atoms with Crippen LogP contribution in [0.1, 0.15) is 12.5 Å². The second-order valence-electron chi connectivity index (χ2n) is 4.15. The highest BCUT2D eigenvalue weighted by Gasteiger charge is 2.29. The smallest absolute Gasteiger partial charge is 0.416 e. The Hall–Kier alpha value is -2.04. The van der Waals surface area contributed by atoms with Crippen LogP contribution in [-0.4, -0.2) is 6.61 Å². The number of hydrogen-bond acceptors (Lipinski definition) is 1. The van der Waals surface area contributed by atoms with Crippen molar-refractivity contribution in [2.75, 3.05) is 6.61 Å². The topological polar surface area (TPSA) is 9.23 Å². The van der Waals surface area contributed by atoms with Crippen LogP contribution in [0.15, 0.2) is 42.5 Å². The van der Waals surface area contributed by atoms with Crippen LogP contribution in [0.5, 0.6) is 5.75 Å². The summed E-state index contributed by atoms with van der Waals surface area (Å²) in [5, 5.41) is 0. The van der Waals surface area contributed by atoms with Gasteiger partial charge in [0.2, 0.25) is 0 Å². The fourth-order valence-electron chi connectivity index (χ4n) is 1.80. The molecule has 2 rings (SSSR count). The Morgan fingerprint density at radius 2 is 1.55 bits per heavy atom. The third kappa shape index (κ3) is 3.10. The van der Waals surface area contributed by atoms with E-state index in [4.69, 9.17) is 4.74 Å². The van der Waals surface area contributed by atoms with Crippen molar-refractivity contribution < 1.29 is 22.3 Å². The molecule has 0 aromatic heterocycles. The third-order valence-electron chi connectivity index (χ3n) is 2.78. The standard InChI is InChI=1S/C15H12F4O/c1-2-20-14-8-5-11(9-13(14)16)10-3-6-12(7-4-10)15(17,18)19/h3-9H,2H2,1H3. The van der Waals surface area contributed by atoms with Crippen LogP contribution in [0.4, 0.5) is 17.6 Å². The Labute approximate surface area is 113 Å². The molecule has 0 atom stereocenters. The molecular formula is C15H12F4O. The van der Waals surface area contributed by atoms with E-state index in [0.29, 0.717) is 17.7 Å². The van der Waals surface area contributed by atoms with Gasteiger partial charge < -0.3 is 4.74 Å². The summed E-state index contributed by atoms with van der Waals surface area (Å²) >= 11 is 0. The van der Waals surface area contributed by atoms with Gasteiger partial charge in [-0.1, -0.05) is 18.2 Å². The predicted molar refractivity (Wildman–Crippen MR) is 68.0 cm³/mol. The predicted octanol–water partition coefficient (Wildman–Crippen LogP) is 4.91. The van der Waals surface area contributed by atoms with Gasteiger partial charge in [0.15, 0.2) is 11.6 Å². The van der Waals surface area contributed by atoms with Crippen LogP contribution >= 0.6 is 0 Å². The first-order chi connectivity index (χ1) is 9.41. The van der Waals surface area contributed by atoms with Crippen LogP contribution in [-0.2, 0) is 6.18 Å². The molecule has 20 heavy (non-hydrogen) atoms. The minimum absolute atomic E-state index is 0.128. The maximum Gasteiger partial charge on any atom is 0.416 e. The van der Waals surface area contributed by atoms with Gasteiger partial charge in [-0.15, -0.1) is 0 Å². The molecule has 0 amide bonds. The van der Waals surface area contributed by atoms with Crippen LogP contribution in [0.2, 0.25) is 0 Å². The van der Waals surface area contributed by atoms with Crippen molar-refractivity contribution in [1.29, 1.82) is 0 Å². The normalized spacial score (nSPS) is 11.4. The third-order valence-corrected chi connectivity index (χ3v) is 2.78. The molecule has 0 saturated heterocycles. The van der Waals surface area contributed by atoms with Crippen molar-refractivity contribution in [3.63, 3.8) is 0 Å². The Balaban J connectivity index is 2.30. The summed E-state index contributed by atoms with van der Waals surface area (Å²) in [5.74, 6) is -0.410. The average Bonchev–Trinajstić information content (AvgIpc) is 2.40. The van der Waals surface area contributed by atoms with Crippen molar-refractivity contribution in [2.45, 2.75) is 13.1 Å². The molecular weight excluding hydrogens is 272 g/mol. The van der Waals surface area contributed by atoms with Crippen LogP contribution in [0.3, 0.4) is 0 Å². The average molecular weight is 284 g/mol. The van der Waals surface area contributed by atoms with Gasteiger partial charge in [0, 0.05) is 0 Å². The number of rotatable bonds is 3. The van der Waals surface area contributed by atoms with E-state index in [1.165, 1.54) is 24.3 Å². The highest BCUT2D eigenvalue weighted by atomic mass is 19.4. The van der Waals surface area contributed by atoms with Gasteiger partial charge in [-0.25, -0.2) is 4.39 Å². The molecule has 2 aromatic carbocycles. The van der Waals surface area contributed by atoms with E-state index in [9.17, 15) is 17.6 Å². The van der Waals surface area contributed by atoms with Crippen molar-refractivity contribution in [3.05, 3.63) is 53.8 Å². The van der Waals surface area contributed by atoms with E-state index in [1.54, 1.807) is 13.0 Å². The summed E-state index contributed by atoms with van der Waals surface area (Å²) in [4.78, 5) is 0. The van der Waals surface area contributed by atoms with Crippen molar-refractivity contribution in [3.8, 4) is 16.9 Å². The lowest BCUT2D eigenvalue weighted by molar-refractivity contribution is -0.137. The maximum absolute atomic E-state index is 13.7. The van der Waals surface area contributed by atoms with E-state index in [0.717, 1.165) is 12.1 Å². The highest BCUT2D eigenvalue weighted by molar-refractivity contribution is 5.64. The van der Waals surface area contributed by atoms with Gasteiger partial charge in [-0.3, -0.25) is 0 Å². The summed E-state index contributed by atoms with van der Waals surface area (Å²) in [6.07, 6.45) is -4.37. The lowest BCUT2D eigenvalue weighted by Gasteiger charge is -2.09. The molecule has 0 radical (unpaired) electrons. The zero-order valence-electron chi connectivity index (χ0n) is 10.7.